The molecule has 0 radical (unpaired) electrons. The van der Waals surface area contributed by atoms with E-state index in [-0.39, 0.29) is 0 Å². The summed E-state index contributed by atoms with van der Waals surface area (Å²) in [5.74, 6) is 0.833. The SMILES string of the molecule is COCCc1ccc2oc(CN)c(-c3ccccc3)c2c1. The van der Waals surface area contributed by atoms with Gasteiger partial charge in [-0.05, 0) is 29.7 Å². The standard InChI is InChI=1S/C18H19NO2/c1-20-10-9-13-7-8-16-15(11-13)18(17(12-19)21-16)14-5-3-2-4-6-14/h2-8,11H,9-10,12,19H2,1H3. The lowest BCUT2D eigenvalue weighted by molar-refractivity contribution is 0.202. The Labute approximate surface area is 124 Å². The van der Waals surface area contributed by atoms with Crippen molar-refractivity contribution in [2.75, 3.05) is 13.7 Å². The fourth-order valence-electron chi connectivity index (χ4n) is 2.64. The minimum Gasteiger partial charge on any atom is -0.459 e. The molecule has 0 aliphatic carbocycles. The van der Waals surface area contributed by atoms with Gasteiger partial charge in [0.15, 0.2) is 0 Å². The molecule has 0 fully saturated rings. The first-order valence-electron chi connectivity index (χ1n) is 7.12. The van der Waals surface area contributed by atoms with Crippen LogP contribution in [0.5, 0.6) is 0 Å². The second-order valence-corrected chi connectivity index (χ2v) is 5.04. The zero-order chi connectivity index (χ0) is 14.7. The van der Waals surface area contributed by atoms with Crippen molar-refractivity contribution >= 4 is 11.0 Å². The Bertz CT molecular complexity index is 732. The number of hydrogen-bond donors (Lipinski definition) is 1. The van der Waals surface area contributed by atoms with Gasteiger partial charge in [0.25, 0.3) is 0 Å². The van der Waals surface area contributed by atoms with E-state index in [1.165, 1.54) is 5.56 Å². The smallest absolute Gasteiger partial charge is 0.135 e. The number of fused-ring (bicyclic) bond motifs is 1. The van der Waals surface area contributed by atoms with Crippen LogP contribution in [0.3, 0.4) is 0 Å². The molecule has 0 amide bonds. The molecule has 1 heterocycles. The quantitative estimate of drug-likeness (QED) is 0.775. The monoisotopic (exact) mass is 281 g/mol. The Morgan fingerprint density at radius 1 is 1.10 bits per heavy atom. The van der Waals surface area contributed by atoms with E-state index in [9.17, 15) is 0 Å². The predicted octanol–water partition coefficient (Wildman–Crippen LogP) is 3.75. The lowest BCUT2D eigenvalue weighted by Gasteiger charge is -2.03. The van der Waals surface area contributed by atoms with Crippen LogP contribution in [0.15, 0.2) is 52.9 Å². The maximum Gasteiger partial charge on any atom is 0.135 e. The van der Waals surface area contributed by atoms with Crippen molar-refractivity contribution in [2.24, 2.45) is 5.73 Å². The summed E-state index contributed by atoms with van der Waals surface area (Å²) in [6, 6.07) is 16.5. The van der Waals surface area contributed by atoms with E-state index >= 15 is 0 Å². The zero-order valence-corrected chi connectivity index (χ0v) is 12.1. The summed E-state index contributed by atoms with van der Waals surface area (Å²) in [5.41, 5.74) is 10.2. The van der Waals surface area contributed by atoms with Gasteiger partial charge in [0.1, 0.15) is 11.3 Å². The summed E-state index contributed by atoms with van der Waals surface area (Å²) in [5, 5.41) is 1.12. The Balaban J connectivity index is 2.15. The number of hydrogen-bond acceptors (Lipinski definition) is 3. The molecule has 108 valence electrons. The van der Waals surface area contributed by atoms with Gasteiger partial charge in [-0.1, -0.05) is 36.4 Å². The van der Waals surface area contributed by atoms with Crippen molar-refractivity contribution < 1.29 is 9.15 Å². The lowest BCUT2D eigenvalue weighted by Crippen LogP contribution is -1.96. The molecule has 0 unspecified atom stereocenters. The Kier molecular flexibility index (Phi) is 4.04. The highest BCUT2D eigenvalue weighted by molar-refractivity contribution is 5.96. The Morgan fingerprint density at radius 3 is 2.62 bits per heavy atom. The molecular formula is C18H19NO2. The number of ether oxygens (including phenoxy) is 1. The maximum atomic E-state index is 5.91. The van der Waals surface area contributed by atoms with Crippen molar-refractivity contribution in [3.05, 3.63) is 59.9 Å². The molecule has 0 bridgehead atoms. The van der Waals surface area contributed by atoms with E-state index in [1.54, 1.807) is 7.11 Å². The molecule has 0 saturated carbocycles. The molecule has 3 aromatic rings. The van der Waals surface area contributed by atoms with Crippen LogP contribution < -0.4 is 5.73 Å². The second kappa shape index (κ2) is 6.12. The molecule has 0 spiro atoms. The molecule has 2 N–H and O–H groups in total. The Morgan fingerprint density at radius 2 is 1.90 bits per heavy atom. The van der Waals surface area contributed by atoms with Gasteiger partial charge < -0.3 is 14.9 Å². The Hall–Kier alpha value is -2.10. The van der Waals surface area contributed by atoms with Crippen LogP contribution in [-0.2, 0) is 17.7 Å². The largest absolute Gasteiger partial charge is 0.459 e. The minimum absolute atomic E-state index is 0.395. The molecule has 3 rings (SSSR count). The van der Waals surface area contributed by atoms with Crippen LogP contribution in [0.25, 0.3) is 22.1 Å². The summed E-state index contributed by atoms with van der Waals surface area (Å²) in [6.45, 7) is 1.11. The third kappa shape index (κ3) is 2.71. The van der Waals surface area contributed by atoms with E-state index in [4.69, 9.17) is 14.9 Å². The van der Waals surface area contributed by atoms with Crippen LogP contribution >= 0.6 is 0 Å². The minimum atomic E-state index is 0.395. The molecule has 0 atom stereocenters. The number of nitrogens with two attached hydrogens (primary N) is 1. The summed E-state index contributed by atoms with van der Waals surface area (Å²) >= 11 is 0. The van der Waals surface area contributed by atoms with Gasteiger partial charge in [0, 0.05) is 18.1 Å². The van der Waals surface area contributed by atoms with Gasteiger partial charge in [-0.15, -0.1) is 0 Å². The van der Waals surface area contributed by atoms with Gasteiger partial charge >= 0.3 is 0 Å². The fourth-order valence-corrected chi connectivity index (χ4v) is 2.64. The molecule has 3 nitrogen and oxygen atoms in total. The van der Waals surface area contributed by atoms with Crippen LogP contribution in [0.1, 0.15) is 11.3 Å². The third-order valence-corrected chi connectivity index (χ3v) is 3.67. The summed E-state index contributed by atoms with van der Waals surface area (Å²) in [7, 11) is 1.72. The fraction of sp³-hybridized carbons (Fsp3) is 0.222. The summed E-state index contributed by atoms with van der Waals surface area (Å²) in [4.78, 5) is 0. The van der Waals surface area contributed by atoms with Crippen LogP contribution in [-0.4, -0.2) is 13.7 Å². The topological polar surface area (TPSA) is 48.4 Å². The van der Waals surface area contributed by atoms with Crippen molar-refractivity contribution in [1.82, 2.24) is 0 Å². The number of methoxy groups -OCH3 is 1. The highest BCUT2D eigenvalue weighted by atomic mass is 16.5. The van der Waals surface area contributed by atoms with Gasteiger partial charge in [-0.25, -0.2) is 0 Å². The number of benzene rings is 2. The first-order chi connectivity index (χ1) is 10.3. The molecular weight excluding hydrogens is 262 g/mol. The summed E-state index contributed by atoms with van der Waals surface area (Å²) in [6.07, 6.45) is 0.893. The first-order valence-corrected chi connectivity index (χ1v) is 7.12. The predicted molar refractivity (Wildman–Crippen MR) is 85.1 cm³/mol. The molecule has 0 aliphatic heterocycles. The molecule has 1 aromatic heterocycles. The molecule has 3 heteroatoms. The van der Waals surface area contributed by atoms with Crippen molar-refractivity contribution in [3.8, 4) is 11.1 Å². The van der Waals surface area contributed by atoms with Crippen molar-refractivity contribution in [2.45, 2.75) is 13.0 Å². The van der Waals surface area contributed by atoms with Gasteiger partial charge in [-0.3, -0.25) is 0 Å². The van der Waals surface area contributed by atoms with E-state index in [2.05, 4.69) is 24.3 Å². The van der Waals surface area contributed by atoms with E-state index in [0.29, 0.717) is 13.2 Å². The van der Waals surface area contributed by atoms with E-state index in [0.717, 1.165) is 34.3 Å². The normalized spacial score (nSPS) is 11.1. The van der Waals surface area contributed by atoms with Gasteiger partial charge in [0.2, 0.25) is 0 Å². The molecule has 0 aliphatic rings. The average molecular weight is 281 g/mol. The number of furan rings is 1. The van der Waals surface area contributed by atoms with E-state index < -0.39 is 0 Å². The van der Waals surface area contributed by atoms with Crippen LogP contribution in [0.2, 0.25) is 0 Å². The lowest BCUT2D eigenvalue weighted by atomic mass is 10.00. The van der Waals surface area contributed by atoms with Crippen molar-refractivity contribution in [1.29, 1.82) is 0 Å². The van der Waals surface area contributed by atoms with Crippen molar-refractivity contribution in [3.63, 3.8) is 0 Å². The second-order valence-electron chi connectivity index (χ2n) is 5.04. The number of rotatable bonds is 5. The van der Waals surface area contributed by atoms with E-state index in [1.807, 2.05) is 24.3 Å². The third-order valence-electron chi connectivity index (χ3n) is 3.67. The first kappa shape index (κ1) is 13.9. The molecule has 21 heavy (non-hydrogen) atoms. The average Bonchev–Trinajstić information content (AvgIpc) is 2.91. The highest BCUT2D eigenvalue weighted by Gasteiger charge is 2.15. The van der Waals surface area contributed by atoms with Gasteiger partial charge in [0.05, 0.1) is 13.2 Å². The zero-order valence-electron chi connectivity index (χ0n) is 12.1. The highest BCUT2D eigenvalue weighted by Crippen LogP contribution is 2.35. The van der Waals surface area contributed by atoms with Crippen LogP contribution in [0, 0.1) is 0 Å². The molecule has 2 aromatic carbocycles. The van der Waals surface area contributed by atoms with Crippen LogP contribution in [0.4, 0.5) is 0 Å². The molecule has 0 saturated heterocycles. The van der Waals surface area contributed by atoms with Gasteiger partial charge in [-0.2, -0.15) is 0 Å². The summed E-state index contributed by atoms with van der Waals surface area (Å²) < 4.78 is 11.1. The maximum absolute atomic E-state index is 5.91.